The lowest BCUT2D eigenvalue weighted by molar-refractivity contribution is -0.118. The first-order chi connectivity index (χ1) is 19.1. The van der Waals surface area contributed by atoms with Gasteiger partial charge in [0.15, 0.2) is 5.16 Å². The SMILES string of the molecule is CCCCCOc1ccc(C=NNC(=O)CSc2nc3sc4c(c3c(=O)n2-c2ccccc2)CCCC4)cc1. The number of para-hydroxylation sites is 1. The average Bonchev–Trinajstić information content (AvgIpc) is 3.34. The van der Waals surface area contributed by atoms with E-state index in [2.05, 4.69) is 17.5 Å². The van der Waals surface area contributed by atoms with Gasteiger partial charge in [-0.15, -0.1) is 11.3 Å². The summed E-state index contributed by atoms with van der Waals surface area (Å²) in [4.78, 5) is 33.3. The molecule has 5 rings (SSSR count). The lowest BCUT2D eigenvalue weighted by Gasteiger charge is -2.13. The number of aryl methyl sites for hydroxylation is 2. The van der Waals surface area contributed by atoms with Crippen molar-refractivity contribution in [2.45, 2.75) is 57.0 Å². The maximum atomic E-state index is 13.8. The van der Waals surface area contributed by atoms with E-state index in [1.165, 1.54) is 16.6 Å². The van der Waals surface area contributed by atoms with Crippen LogP contribution in [0.5, 0.6) is 5.75 Å². The first-order valence-electron chi connectivity index (χ1n) is 13.4. The zero-order valence-electron chi connectivity index (χ0n) is 22.0. The fraction of sp³-hybridized carbons (Fsp3) is 0.333. The van der Waals surface area contributed by atoms with Crippen molar-refractivity contribution < 1.29 is 9.53 Å². The van der Waals surface area contributed by atoms with Gasteiger partial charge < -0.3 is 4.74 Å². The summed E-state index contributed by atoms with van der Waals surface area (Å²) in [5.41, 5.74) is 5.27. The summed E-state index contributed by atoms with van der Waals surface area (Å²) in [6.07, 6.45) is 9.13. The number of thioether (sulfide) groups is 1. The standard InChI is InChI=1S/C30H32N4O3S2/c1-2-3-9-18-37-23-16-14-21(15-17-23)19-31-33-26(35)20-38-30-32-28-27(24-12-7-8-13-25(24)39-28)29(36)34(30)22-10-5-4-6-11-22/h4-6,10-11,14-17,19H,2-3,7-9,12-13,18,20H2,1H3,(H,33,35). The van der Waals surface area contributed by atoms with Crippen LogP contribution in [0.15, 0.2) is 69.6 Å². The Balaban J connectivity index is 1.26. The van der Waals surface area contributed by atoms with Crippen LogP contribution in [0.1, 0.15) is 55.0 Å². The minimum absolute atomic E-state index is 0.0654. The molecule has 202 valence electrons. The Labute approximate surface area is 236 Å². The van der Waals surface area contributed by atoms with Crippen molar-refractivity contribution in [1.29, 1.82) is 0 Å². The number of hydrogen-bond acceptors (Lipinski definition) is 7. The van der Waals surface area contributed by atoms with E-state index >= 15 is 0 Å². The molecule has 0 spiro atoms. The number of benzene rings is 2. The van der Waals surface area contributed by atoms with Crippen molar-refractivity contribution >= 4 is 45.4 Å². The largest absolute Gasteiger partial charge is 0.494 e. The molecule has 0 unspecified atom stereocenters. The van der Waals surface area contributed by atoms with E-state index in [0.29, 0.717) is 11.8 Å². The van der Waals surface area contributed by atoms with Crippen molar-refractivity contribution in [2.24, 2.45) is 5.10 Å². The second-order valence-electron chi connectivity index (χ2n) is 9.47. The van der Waals surface area contributed by atoms with Gasteiger partial charge in [0.05, 0.1) is 29.6 Å². The zero-order chi connectivity index (χ0) is 27.0. The van der Waals surface area contributed by atoms with E-state index in [1.54, 1.807) is 22.1 Å². The van der Waals surface area contributed by atoms with E-state index < -0.39 is 0 Å². The van der Waals surface area contributed by atoms with E-state index in [-0.39, 0.29) is 17.2 Å². The monoisotopic (exact) mass is 560 g/mol. The number of thiophene rings is 1. The smallest absolute Gasteiger partial charge is 0.267 e. The van der Waals surface area contributed by atoms with Gasteiger partial charge in [-0.05, 0) is 79.6 Å². The molecule has 0 saturated heterocycles. The summed E-state index contributed by atoms with van der Waals surface area (Å²) in [7, 11) is 0. The van der Waals surface area contributed by atoms with Gasteiger partial charge >= 0.3 is 0 Å². The van der Waals surface area contributed by atoms with Crippen molar-refractivity contribution in [3.63, 3.8) is 0 Å². The number of carbonyl (C=O) groups excluding carboxylic acids is 1. The molecular formula is C30H32N4O3S2. The van der Waals surface area contributed by atoms with Crippen molar-refractivity contribution in [3.8, 4) is 11.4 Å². The quantitative estimate of drug-likeness (QED) is 0.0783. The van der Waals surface area contributed by atoms with Crippen LogP contribution in [0.2, 0.25) is 0 Å². The maximum absolute atomic E-state index is 13.8. The number of hydrogen-bond donors (Lipinski definition) is 1. The Bertz CT molecular complexity index is 1510. The van der Waals surface area contributed by atoms with E-state index in [1.807, 2.05) is 54.6 Å². The molecule has 0 radical (unpaired) electrons. The van der Waals surface area contributed by atoms with Gasteiger partial charge in [0, 0.05) is 4.88 Å². The molecule has 2 aromatic carbocycles. The van der Waals surface area contributed by atoms with Crippen LogP contribution in [-0.4, -0.2) is 34.0 Å². The van der Waals surface area contributed by atoms with Crippen LogP contribution < -0.4 is 15.7 Å². The summed E-state index contributed by atoms with van der Waals surface area (Å²) in [6.45, 7) is 2.88. The number of nitrogens with one attached hydrogen (secondary N) is 1. The Morgan fingerprint density at radius 1 is 1.13 bits per heavy atom. The number of amides is 1. The van der Waals surface area contributed by atoms with Crippen molar-refractivity contribution in [2.75, 3.05) is 12.4 Å². The first kappa shape index (κ1) is 27.1. The number of carbonyl (C=O) groups is 1. The molecule has 0 fully saturated rings. The molecule has 7 nitrogen and oxygen atoms in total. The second kappa shape index (κ2) is 13.1. The molecule has 9 heteroatoms. The van der Waals surface area contributed by atoms with Crippen molar-refractivity contribution in [3.05, 3.63) is 81.0 Å². The average molecular weight is 561 g/mol. The van der Waals surface area contributed by atoms with E-state index in [0.717, 1.165) is 77.7 Å². The molecular weight excluding hydrogens is 528 g/mol. The molecule has 0 bridgehead atoms. The third-order valence-corrected chi connectivity index (χ3v) is 8.73. The van der Waals surface area contributed by atoms with Gasteiger partial charge in [-0.3, -0.25) is 14.2 Å². The van der Waals surface area contributed by atoms with Crippen LogP contribution in [0, 0.1) is 0 Å². The molecule has 0 aliphatic heterocycles. The number of fused-ring (bicyclic) bond motifs is 3. The van der Waals surface area contributed by atoms with E-state index in [4.69, 9.17) is 9.72 Å². The van der Waals surface area contributed by atoms with E-state index in [9.17, 15) is 9.59 Å². The van der Waals surface area contributed by atoms with Gasteiger partial charge in [0.1, 0.15) is 10.6 Å². The van der Waals surface area contributed by atoms with Crippen LogP contribution in [0.3, 0.4) is 0 Å². The minimum atomic E-state index is -0.272. The van der Waals surface area contributed by atoms with Gasteiger partial charge in [0.2, 0.25) is 0 Å². The molecule has 2 aromatic heterocycles. The number of ether oxygens (including phenoxy) is 1. The predicted molar refractivity (Wildman–Crippen MR) is 160 cm³/mol. The molecule has 0 atom stereocenters. The number of hydrazone groups is 1. The molecule has 4 aromatic rings. The highest BCUT2D eigenvalue weighted by atomic mass is 32.2. The first-order valence-corrected chi connectivity index (χ1v) is 15.2. The third-order valence-electron chi connectivity index (χ3n) is 6.60. The second-order valence-corrected chi connectivity index (χ2v) is 11.5. The number of unbranched alkanes of at least 4 members (excludes halogenated alkanes) is 2. The van der Waals surface area contributed by atoms with Crippen molar-refractivity contribution in [1.82, 2.24) is 15.0 Å². The highest BCUT2D eigenvalue weighted by Gasteiger charge is 2.23. The van der Waals surface area contributed by atoms with Gasteiger partial charge in [-0.2, -0.15) is 5.10 Å². The topological polar surface area (TPSA) is 85.6 Å². The lowest BCUT2D eigenvalue weighted by Crippen LogP contribution is -2.24. The summed E-state index contributed by atoms with van der Waals surface area (Å²) in [5, 5.41) is 5.33. The molecule has 1 N–H and O–H groups in total. The van der Waals surface area contributed by atoms with Crippen LogP contribution in [0.4, 0.5) is 0 Å². The highest BCUT2D eigenvalue weighted by molar-refractivity contribution is 7.99. The Morgan fingerprint density at radius 2 is 1.92 bits per heavy atom. The minimum Gasteiger partial charge on any atom is -0.494 e. The fourth-order valence-corrected chi connectivity index (χ4v) is 6.73. The summed E-state index contributed by atoms with van der Waals surface area (Å²) in [6, 6.07) is 17.1. The highest BCUT2D eigenvalue weighted by Crippen LogP contribution is 2.35. The molecule has 1 amide bonds. The van der Waals surface area contributed by atoms with Gasteiger partial charge in [0.25, 0.3) is 11.5 Å². The summed E-state index contributed by atoms with van der Waals surface area (Å²) < 4.78 is 7.37. The maximum Gasteiger partial charge on any atom is 0.267 e. The summed E-state index contributed by atoms with van der Waals surface area (Å²) in [5.74, 6) is 0.633. The molecule has 1 aliphatic carbocycles. The van der Waals surface area contributed by atoms with Gasteiger partial charge in [-0.1, -0.05) is 49.7 Å². The normalized spacial score (nSPS) is 13.1. The van der Waals surface area contributed by atoms with Crippen LogP contribution in [-0.2, 0) is 17.6 Å². The number of nitrogens with zero attached hydrogens (tertiary/aromatic N) is 3. The third kappa shape index (κ3) is 6.59. The molecule has 0 saturated carbocycles. The number of aromatic nitrogens is 2. The zero-order valence-corrected chi connectivity index (χ0v) is 23.7. The lowest BCUT2D eigenvalue weighted by atomic mass is 9.97. The predicted octanol–water partition coefficient (Wildman–Crippen LogP) is 6.14. The Hall–Kier alpha value is -3.43. The summed E-state index contributed by atoms with van der Waals surface area (Å²) >= 11 is 2.85. The number of rotatable bonds is 11. The molecule has 1 aliphatic rings. The van der Waals surface area contributed by atoms with Crippen LogP contribution in [0.25, 0.3) is 15.9 Å². The fourth-order valence-electron chi connectivity index (χ4n) is 4.62. The Morgan fingerprint density at radius 3 is 2.72 bits per heavy atom. The van der Waals surface area contributed by atoms with Gasteiger partial charge in [-0.25, -0.2) is 10.4 Å². The molecule has 2 heterocycles. The Kier molecular flexibility index (Phi) is 9.11. The molecule has 39 heavy (non-hydrogen) atoms. The van der Waals surface area contributed by atoms with Crippen LogP contribution >= 0.6 is 23.1 Å².